The van der Waals surface area contributed by atoms with Crippen LogP contribution < -0.4 is 14.8 Å². The largest absolute Gasteiger partial charge is 0.486 e. The Labute approximate surface area is 168 Å². The number of rotatable bonds is 4. The summed E-state index contributed by atoms with van der Waals surface area (Å²) in [5.74, 6) is 2.63. The zero-order valence-electron chi connectivity index (χ0n) is 15.9. The fourth-order valence-corrected chi connectivity index (χ4v) is 4.02. The molecule has 1 N–H and O–H groups in total. The first-order valence-electron chi connectivity index (χ1n) is 9.56. The number of amides is 2. The molecular weight excluding hydrogens is 382 g/mol. The molecule has 3 heterocycles. The number of ether oxygens (including phenoxy) is 2. The second kappa shape index (κ2) is 8.26. The van der Waals surface area contributed by atoms with Crippen LogP contribution in [0.3, 0.4) is 0 Å². The van der Waals surface area contributed by atoms with Crippen LogP contribution in [0.25, 0.3) is 0 Å². The molecule has 0 bridgehead atoms. The molecule has 28 heavy (non-hydrogen) atoms. The van der Waals surface area contributed by atoms with Crippen LogP contribution in [-0.2, 0) is 13.5 Å². The maximum atomic E-state index is 12.5. The van der Waals surface area contributed by atoms with E-state index in [2.05, 4.69) is 15.5 Å². The summed E-state index contributed by atoms with van der Waals surface area (Å²) in [5, 5.41) is 11.7. The first-order valence-corrected chi connectivity index (χ1v) is 9.94. The molecule has 0 unspecified atom stereocenters. The number of hydrogen-bond donors (Lipinski definition) is 1. The van der Waals surface area contributed by atoms with E-state index in [1.165, 1.54) is 0 Å². The smallest absolute Gasteiger partial charge is 0.317 e. The Bertz CT molecular complexity index is 848. The van der Waals surface area contributed by atoms with Crippen molar-refractivity contribution in [3.63, 3.8) is 0 Å². The standard InChI is InChI=1S/C19H24ClN5O3/c1-24-12-22-23-18(24)14-3-6-25(7-4-14)19(26)21-5-2-13-10-15(20)17-16(11-13)27-8-9-28-17/h10-12,14H,2-9H2,1H3,(H,21,26). The van der Waals surface area contributed by atoms with Crippen molar-refractivity contribution in [2.45, 2.75) is 25.2 Å². The minimum atomic E-state index is -0.0277. The summed E-state index contributed by atoms with van der Waals surface area (Å²) in [6, 6.07) is 3.77. The van der Waals surface area contributed by atoms with Gasteiger partial charge in [0.25, 0.3) is 0 Å². The molecule has 1 fully saturated rings. The Morgan fingerprint density at radius 3 is 2.82 bits per heavy atom. The van der Waals surface area contributed by atoms with E-state index in [4.69, 9.17) is 21.1 Å². The van der Waals surface area contributed by atoms with Gasteiger partial charge in [-0.2, -0.15) is 0 Å². The number of carbonyl (C=O) groups is 1. The van der Waals surface area contributed by atoms with Crippen LogP contribution in [0.2, 0.25) is 5.02 Å². The number of benzene rings is 1. The maximum Gasteiger partial charge on any atom is 0.317 e. The normalized spacial score (nSPS) is 16.9. The topological polar surface area (TPSA) is 81.5 Å². The molecule has 1 aromatic carbocycles. The highest BCUT2D eigenvalue weighted by atomic mass is 35.5. The predicted octanol–water partition coefficient (Wildman–Crippen LogP) is 2.37. The van der Waals surface area contributed by atoms with Crippen molar-refractivity contribution in [1.29, 1.82) is 0 Å². The van der Waals surface area contributed by atoms with Gasteiger partial charge in [0.05, 0.1) is 5.02 Å². The van der Waals surface area contributed by atoms with E-state index >= 15 is 0 Å². The van der Waals surface area contributed by atoms with Crippen molar-refractivity contribution in [3.8, 4) is 11.5 Å². The molecule has 2 amide bonds. The monoisotopic (exact) mass is 405 g/mol. The van der Waals surface area contributed by atoms with E-state index < -0.39 is 0 Å². The van der Waals surface area contributed by atoms with Gasteiger partial charge < -0.3 is 24.3 Å². The molecule has 1 saturated heterocycles. The van der Waals surface area contributed by atoms with Gasteiger partial charge >= 0.3 is 6.03 Å². The molecule has 0 aliphatic carbocycles. The van der Waals surface area contributed by atoms with Crippen LogP contribution in [0, 0.1) is 0 Å². The number of nitrogens with zero attached hydrogens (tertiary/aromatic N) is 4. The van der Waals surface area contributed by atoms with Gasteiger partial charge in [-0.05, 0) is 37.0 Å². The highest BCUT2D eigenvalue weighted by molar-refractivity contribution is 6.32. The summed E-state index contributed by atoms with van der Waals surface area (Å²) in [6.07, 6.45) is 4.20. The van der Waals surface area contributed by atoms with Gasteiger partial charge in [0.15, 0.2) is 11.5 Å². The summed E-state index contributed by atoms with van der Waals surface area (Å²) >= 11 is 6.27. The minimum Gasteiger partial charge on any atom is -0.486 e. The van der Waals surface area contributed by atoms with E-state index in [0.717, 1.165) is 37.3 Å². The van der Waals surface area contributed by atoms with Gasteiger partial charge in [-0.15, -0.1) is 10.2 Å². The van der Waals surface area contributed by atoms with E-state index in [-0.39, 0.29) is 6.03 Å². The molecule has 2 aliphatic heterocycles. The number of aromatic nitrogens is 3. The fourth-order valence-electron chi connectivity index (χ4n) is 3.74. The highest BCUT2D eigenvalue weighted by Crippen LogP contribution is 2.38. The van der Waals surface area contributed by atoms with Crippen molar-refractivity contribution >= 4 is 17.6 Å². The Balaban J connectivity index is 1.25. The van der Waals surface area contributed by atoms with E-state index in [1.807, 2.05) is 28.6 Å². The van der Waals surface area contributed by atoms with Gasteiger partial charge in [-0.1, -0.05) is 11.6 Å². The number of urea groups is 1. The van der Waals surface area contributed by atoms with Gasteiger partial charge in [0.1, 0.15) is 25.4 Å². The number of likely N-dealkylation sites (tertiary alicyclic amines) is 1. The van der Waals surface area contributed by atoms with Crippen LogP contribution >= 0.6 is 11.6 Å². The third-order valence-corrected chi connectivity index (χ3v) is 5.52. The average molecular weight is 406 g/mol. The van der Waals surface area contributed by atoms with E-state index in [1.54, 1.807) is 6.33 Å². The first-order chi connectivity index (χ1) is 13.6. The lowest BCUT2D eigenvalue weighted by Crippen LogP contribution is -2.44. The van der Waals surface area contributed by atoms with Gasteiger partial charge in [0, 0.05) is 32.6 Å². The third-order valence-electron chi connectivity index (χ3n) is 5.24. The molecule has 0 atom stereocenters. The molecular formula is C19H24ClN5O3. The lowest BCUT2D eigenvalue weighted by atomic mass is 9.96. The molecule has 150 valence electrons. The predicted molar refractivity (Wildman–Crippen MR) is 104 cm³/mol. The molecule has 2 aromatic rings. The molecule has 8 nitrogen and oxygen atoms in total. The Morgan fingerprint density at radius 2 is 2.07 bits per heavy atom. The number of fused-ring (bicyclic) bond motifs is 1. The lowest BCUT2D eigenvalue weighted by Gasteiger charge is -2.31. The Morgan fingerprint density at radius 1 is 1.29 bits per heavy atom. The van der Waals surface area contributed by atoms with E-state index in [0.29, 0.717) is 48.6 Å². The maximum absolute atomic E-state index is 12.5. The average Bonchev–Trinajstić information content (AvgIpc) is 3.14. The molecule has 4 rings (SSSR count). The number of piperidine rings is 1. The zero-order chi connectivity index (χ0) is 19.5. The van der Waals surface area contributed by atoms with E-state index in [9.17, 15) is 4.79 Å². The lowest BCUT2D eigenvalue weighted by molar-refractivity contribution is 0.171. The molecule has 0 saturated carbocycles. The van der Waals surface area contributed by atoms with Crippen LogP contribution in [-0.4, -0.2) is 58.5 Å². The van der Waals surface area contributed by atoms with Crippen LogP contribution in [0.1, 0.15) is 30.1 Å². The van der Waals surface area contributed by atoms with Gasteiger partial charge in [-0.3, -0.25) is 0 Å². The number of halogens is 1. The highest BCUT2D eigenvalue weighted by Gasteiger charge is 2.26. The van der Waals surface area contributed by atoms with Crippen molar-refractivity contribution in [1.82, 2.24) is 25.0 Å². The molecule has 9 heteroatoms. The van der Waals surface area contributed by atoms with Crippen LogP contribution in [0.4, 0.5) is 4.79 Å². The quantitative estimate of drug-likeness (QED) is 0.844. The van der Waals surface area contributed by atoms with Crippen molar-refractivity contribution in [3.05, 3.63) is 34.9 Å². The van der Waals surface area contributed by atoms with Crippen LogP contribution in [0.5, 0.6) is 11.5 Å². The zero-order valence-corrected chi connectivity index (χ0v) is 16.6. The fraction of sp³-hybridized carbons (Fsp3) is 0.526. The Hall–Kier alpha value is -2.48. The summed E-state index contributed by atoms with van der Waals surface area (Å²) in [7, 11) is 1.96. The molecule has 1 aromatic heterocycles. The second-order valence-electron chi connectivity index (χ2n) is 7.15. The summed E-state index contributed by atoms with van der Waals surface area (Å²) in [5.41, 5.74) is 1.01. The minimum absolute atomic E-state index is 0.0277. The summed E-state index contributed by atoms with van der Waals surface area (Å²) in [6.45, 7) is 3.01. The van der Waals surface area contributed by atoms with Crippen molar-refractivity contribution < 1.29 is 14.3 Å². The number of hydrogen-bond acceptors (Lipinski definition) is 5. The summed E-state index contributed by atoms with van der Waals surface area (Å²) in [4.78, 5) is 14.3. The number of nitrogens with one attached hydrogen (secondary N) is 1. The molecule has 2 aliphatic rings. The third kappa shape index (κ3) is 4.01. The summed E-state index contributed by atoms with van der Waals surface area (Å²) < 4.78 is 13.1. The van der Waals surface area contributed by atoms with Gasteiger partial charge in [0.2, 0.25) is 0 Å². The van der Waals surface area contributed by atoms with Crippen LogP contribution in [0.15, 0.2) is 18.5 Å². The molecule has 0 radical (unpaired) electrons. The SMILES string of the molecule is Cn1cnnc1C1CCN(C(=O)NCCc2cc(Cl)c3c(c2)OCCO3)CC1. The first kappa shape index (κ1) is 18.9. The van der Waals surface area contributed by atoms with Crippen molar-refractivity contribution in [2.75, 3.05) is 32.8 Å². The molecule has 0 spiro atoms. The van der Waals surface area contributed by atoms with Gasteiger partial charge in [-0.25, -0.2) is 4.79 Å². The number of aryl methyl sites for hydroxylation is 1. The number of carbonyl (C=O) groups excluding carboxylic acids is 1. The Kier molecular flexibility index (Phi) is 5.57. The second-order valence-corrected chi connectivity index (χ2v) is 7.55. The van der Waals surface area contributed by atoms with Crippen molar-refractivity contribution in [2.24, 2.45) is 7.05 Å².